The van der Waals surface area contributed by atoms with Crippen LogP contribution in [0.2, 0.25) is 0 Å². The predicted molar refractivity (Wildman–Crippen MR) is 308 cm³/mol. The van der Waals surface area contributed by atoms with Crippen molar-refractivity contribution < 1.29 is 9.47 Å². The fraction of sp³-hybridized carbons (Fsp3) is 0.176. The molecule has 0 N–H and O–H groups in total. The van der Waals surface area contributed by atoms with Crippen LogP contribution in [-0.2, 0) is 0 Å². The van der Waals surface area contributed by atoms with Crippen LogP contribution in [0.3, 0.4) is 0 Å². The van der Waals surface area contributed by atoms with Crippen LogP contribution < -0.4 is 19.3 Å². The summed E-state index contributed by atoms with van der Waals surface area (Å²) in [6, 6.07) is 69.5. The number of hydrogen-bond donors (Lipinski definition) is 0. The Balaban J connectivity index is 0.806. The van der Waals surface area contributed by atoms with E-state index in [1.165, 1.54) is 38.5 Å². The summed E-state index contributed by atoms with van der Waals surface area (Å²) >= 11 is 0. The first kappa shape index (κ1) is 47.5. The normalized spacial score (nSPS) is 14.2. The van der Waals surface area contributed by atoms with Gasteiger partial charge < -0.3 is 19.3 Å². The van der Waals surface area contributed by atoms with Crippen LogP contribution in [0.25, 0.3) is 50.7 Å². The van der Waals surface area contributed by atoms with Crippen LogP contribution in [0, 0.1) is 17.9 Å². The number of para-hydroxylation sites is 2. The first-order valence-corrected chi connectivity index (χ1v) is 26.2. The fourth-order valence-corrected chi connectivity index (χ4v) is 10.7. The van der Waals surface area contributed by atoms with E-state index in [0.29, 0.717) is 23.5 Å². The van der Waals surface area contributed by atoms with Gasteiger partial charge in [0.05, 0.1) is 24.3 Å². The molecule has 2 fully saturated rings. The molecule has 0 saturated heterocycles. The van der Waals surface area contributed by atoms with Gasteiger partial charge in [-0.25, -0.2) is 4.85 Å². The van der Waals surface area contributed by atoms with Crippen molar-refractivity contribution in [2.24, 2.45) is 0 Å². The average Bonchev–Trinajstić information content (AvgIpc) is 3.46. The SMILES string of the molecule is [C-]#[N+]c1c2ccc(C=Cc3ccc(N(c4ccccc4)c4ccc(OC5CCCCC5)cc4)cc3)cc2c(C#N)c2ccc(C=Cc3ccc(N(c4ccccc4)c4ccc(OC5CCCCC5)cc4)cc3)cc12. The molecule has 0 atom stereocenters. The highest BCUT2D eigenvalue weighted by atomic mass is 16.5. The van der Waals surface area contributed by atoms with Gasteiger partial charge in [0.1, 0.15) is 17.6 Å². The van der Waals surface area contributed by atoms with Crippen molar-refractivity contribution in [2.45, 2.75) is 76.4 Å². The Hall–Kier alpha value is -8.84. The topological polar surface area (TPSA) is 53.1 Å². The van der Waals surface area contributed by atoms with Crippen LogP contribution in [0.4, 0.5) is 39.8 Å². The zero-order chi connectivity index (χ0) is 50.1. The van der Waals surface area contributed by atoms with Crippen LogP contribution in [0.1, 0.15) is 92.0 Å². The molecule has 9 aromatic carbocycles. The minimum atomic E-state index is 0.306. The van der Waals surface area contributed by atoms with Gasteiger partial charge in [0.15, 0.2) is 0 Å². The highest BCUT2D eigenvalue weighted by Crippen LogP contribution is 2.41. The Labute approximate surface area is 435 Å². The second-order valence-corrected chi connectivity index (χ2v) is 19.5. The van der Waals surface area contributed by atoms with E-state index < -0.39 is 0 Å². The first-order chi connectivity index (χ1) is 36.6. The van der Waals surface area contributed by atoms with Gasteiger partial charge in [-0.15, -0.1) is 0 Å². The summed E-state index contributed by atoms with van der Waals surface area (Å²) in [5.41, 5.74) is 11.5. The summed E-state index contributed by atoms with van der Waals surface area (Å²) < 4.78 is 12.7. The molecular formula is C68H58N4O2. The van der Waals surface area contributed by atoms with Crippen molar-refractivity contribution in [1.82, 2.24) is 0 Å². The average molecular weight is 963 g/mol. The predicted octanol–water partition coefficient (Wildman–Crippen LogP) is 19.1. The third-order valence-electron chi connectivity index (χ3n) is 14.5. The minimum absolute atomic E-state index is 0.306. The van der Waals surface area contributed by atoms with Crippen molar-refractivity contribution in [3.05, 3.63) is 233 Å². The van der Waals surface area contributed by atoms with Gasteiger partial charge in [-0.3, -0.25) is 0 Å². The van der Waals surface area contributed by atoms with Gasteiger partial charge in [-0.05, 0) is 198 Å². The van der Waals surface area contributed by atoms with Crippen LogP contribution >= 0.6 is 0 Å². The molecule has 0 unspecified atom stereocenters. The molecule has 6 heteroatoms. The number of nitriles is 1. The third kappa shape index (κ3) is 10.7. The summed E-state index contributed by atoms with van der Waals surface area (Å²) in [4.78, 5) is 8.58. The molecule has 0 bridgehead atoms. The lowest BCUT2D eigenvalue weighted by Crippen LogP contribution is -2.19. The van der Waals surface area contributed by atoms with E-state index in [2.05, 4.69) is 191 Å². The van der Waals surface area contributed by atoms with Crippen molar-refractivity contribution in [3.8, 4) is 17.6 Å². The number of nitrogens with zero attached hydrogens (tertiary/aromatic N) is 4. The van der Waals surface area contributed by atoms with E-state index in [-0.39, 0.29) is 0 Å². The van der Waals surface area contributed by atoms with Gasteiger partial charge in [-0.2, -0.15) is 5.26 Å². The summed E-state index contributed by atoms with van der Waals surface area (Å²) in [6.07, 6.45) is 21.0. The molecular weight excluding hydrogens is 905 g/mol. The Morgan fingerprint density at radius 2 is 0.770 bits per heavy atom. The van der Waals surface area contributed by atoms with Crippen molar-refractivity contribution in [2.75, 3.05) is 9.80 Å². The van der Waals surface area contributed by atoms with E-state index in [4.69, 9.17) is 16.0 Å². The number of rotatable bonds is 14. The van der Waals surface area contributed by atoms with E-state index in [9.17, 15) is 5.26 Å². The maximum absolute atomic E-state index is 10.6. The molecule has 0 heterocycles. The minimum Gasteiger partial charge on any atom is -0.490 e. The van der Waals surface area contributed by atoms with E-state index >= 15 is 0 Å². The van der Waals surface area contributed by atoms with Gasteiger partial charge in [-0.1, -0.05) is 128 Å². The monoisotopic (exact) mass is 962 g/mol. The Morgan fingerprint density at radius 3 is 1.19 bits per heavy atom. The maximum Gasteiger partial charge on any atom is 0.202 e. The first-order valence-electron chi connectivity index (χ1n) is 26.2. The standard InChI is InChI=1S/C68H58N4O2/c1-70-68-64-45-31-51(24-22-49-26-32-55(33-27-49)71(53-14-6-2-7-15-53)57-36-40-61(41-37-57)73-59-18-10-4-11-19-59)46-65(64)67(48-69)63-44-30-52(47-66(63)68)25-23-50-28-34-56(35-29-50)72(54-16-8-3-9-17-54)58-38-42-62(43-39-58)74-60-20-12-5-13-21-60/h2-3,6-9,14-17,22-47,59-60H,4-5,10-13,18-21H2. The molecule has 11 rings (SSSR count). The lowest BCUT2D eigenvalue weighted by Gasteiger charge is -2.26. The Morgan fingerprint density at radius 1 is 0.405 bits per heavy atom. The third-order valence-corrected chi connectivity index (χ3v) is 14.5. The van der Waals surface area contributed by atoms with Crippen molar-refractivity contribution in [3.63, 3.8) is 0 Å². The number of hydrogen-bond acceptors (Lipinski definition) is 5. The summed E-state index contributed by atoms with van der Waals surface area (Å²) in [6.45, 7) is 8.34. The van der Waals surface area contributed by atoms with Crippen molar-refractivity contribution >= 4 is 85.7 Å². The molecule has 74 heavy (non-hydrogen) atoms. The largest absolute Gasteiger partial charge is 0.490 e. The Bertz CT molecular complexity index is 3270. The van der Waals surface area contributed by atoms with E-state index in [0.717, 1.165) is 115 Å². The van der Waals surface area contributed by atoms with Crippen LogP contribution in [0.15, 0.2) is 194 Å². The molecule has 0 radical (unpaired) electrons. The molecule has 2 saturated carbocycles. The molecule has 6 nitrogen and oxygen atoms in total. The second kappa shape index (κ2) is 22.3. The number of fused-ring (bicyclic) bond motifs is 2. The van der Waals surface area contributed by atoms with Crippen LogP contribution in [0.5, 0.6) is 11.5 Å². The molecule has 9 aromatic rings. The molecule has 362 valence electrons. The molecule has 0 aromatic heterocycles. The highest BCUT2D eigenvalue weighted by molar-refractivity contribution is 6.16. The zero-order valence-electron chi connectivity index (χ0n) is 41.6. The molecule has 2 aliphatic carbocycles. The number of anilines is 6. The molecule has 2 aliphatic rings. The van der Waals surface area contributed by atoms with E-state index in [1.807, 2.05) is 48.5 Å². The lowest BCUT2D eigenvalue weighted by atomic mass is 9.93. The smallest absolute Gasteiger partial charge is 0.202 e. The number of benzene rings is 9. The summed E-state index contributed by atoms with van der Waals surface area (Å²) in [5, 5.41) is 13.7. The van der Waals surface area contributed by atoms with E-state index in [1.54, 1.807) is 0 Å². The zero-order valence-corrected chi connectivity index (χ0v) is 41.6. The van der Waals surface area contributed by atoms with Crippen LogP contribution in [-0.4, -0.2) is 12.2 Å². The second-order valence-electron chi connectivity index (χ2n) is 19.5. The van der Waals surface area contributed by atoms with Gasteiger partial charge in [0.2, 0.25) is 5.69 Å². The lowest BCUT2D eigenvalue weighted by molar-refractivity contribution is 0.155. The van der Waals surface area contributed by atoms with Gasteiger partial charge in [0.25, 0.3) is 0 Å². The van der Waals surface area contributed by atoms with Crippen molar-refractivity contribution in [1.29, 1.82) is 5.26 Å². The quantitative estimate of drug-likeness (QED) is 0.0617. The number of ether oxygens (including phenoxy) is 2. The highest BCUT2D eigenvalue weighted by Gasteiger charge is 2.19. The summed E-state index contributed by atoms with van der Waals surface area (Å²) in [5.74, 6) is 1.84. The van der Waals surface area contributed by atoms with Gasteiger partial charge in [0, 0.05) is 34.1 Å². The fourth-order valence-electron chi connectivity index (χ4n) is 10.7. The molecule has 0 aliphatic heterocycles. The summed E-state index contributed by atoms with van der Waals surface area (Å²) in [7, 11) is 0. The molecule has 0 amide bonds. The maximum atomic E-state index is 10.6. The molecule has 0 spiro atoms. The van der Waals surface area contributed by atoms with Gasteiger partial charge >= 0.3 is 0 Å². The Kier molecular flexibility index (Phi) is 14.3.